The minimum Gasteiger partial charge on any atom is -0.382 e. The van der Waals surface area contributed by atoms with Crippen LogP contribution in [0.5, 0.6) is 0 Å². The minimum atomic E-state index is -0.378. The predicted molar refractivity (Wildman–Crippen MR) is 66.9 cm³/mol. The molecule has 2 rings (SSSR count). The highest BCUT2D eigenvalue weighted by atomic mass is 16.6. The van der Waals surface area contributed by atoms with Crippen LogP contribution >= 0.6 is 0 Å². The second kappa shape index (κ2) is 5.79. The Hall–Kier alpha value is -1.66. The molecule has 1 atom stereocenters. The van der Waals surface area contributed by atoms with Gasteiger partial charge in [-0.05, 0) is 19.1 Å². The van der Waals surface area contributed by atoms with E-state index in [1.807, 2.05) is 0 Å². The number of hydrogen-bond acceptors (Lipinski definition) is 5. The van der Waals surface area contributed by atoms with Crippen LogP contribution in [0.4, 0.5) is 11.4 Å². The van der Waals surface area contributed by atoms with Gasteiger partial charge in [0.2, 0.25) is 0 Å². The van der Waals surface area contributed by atoms with E-state index in [4.69, 9.17) is 9.47 Å². The molecule has 1 N–H and O–H groups in total. The molecule has 0 bridgehead atoms. The summed E-state index contributed by atoms with van der Waals surface area (Å²) in [4.78, 5) is 10.3. The average molecular weight is 252 g/mol. The number of aryl methyl sites for hydroxylation is 1. The highest BCUT2D eigenvalue weighted by molar-refractivity contribution is 5.53. The fourth-order valence-electron chi connectivity index (χ4n) is 1.86. The Kier molecular flexibility index (Phi) is 4.11. The minimum absolute atomic E-state index is 0.0363. The highest BCUT2D eigenvalue weighted by Crippen LogP contribution is 2.21. The number of nitro groups is 1. The third kappa shape index (κ3) is 3.18. The van der Waals surface area contributed by atoms with Crippen LogP contribution in [0, 0.1) is 17.0 Å². The lowest BCUT2D eigenvalue weighted by atomic mass is 10.2. The molecular formula is C12H16N2O4. The molecule has 6 nitrogen and oxygen atoms in total. The first kappa shape index (κ1) is 12.8. The van der Waals surface area contributed by atoms with Crippen molar-refractivity contribution in [2.45, 2.75) is 13.0 Å². The number of ether oxygens (including phenoxy) is 2. The molecule has 18 heavy (non-hydrogen) atoms. The van der Waals surface area contributed by atoms with Crippen LogP contribution in [0.2, 0.25) is 0 Å². The van der Waals surface area contributed by atoms with Crippen LogP contribution in [-0.2, 0) is 9.47 Å². The number of nitrogens with zero attached hydrogens (tertiary/aromatic N) is 1. The summed E-state index contributed by atoms with van der Waals surface area (Å²) in [5.74, 6) is 0. The van der Waals surface area contributed by atoms with Gasteiger partial charge in [-0.1, -0.05) is 0 Å². The number of anilines is 1. The summed E-state index contributed by atoms with van der Waals surface area (Å²) in [5, 5.41) is 13.9. The zero-order chi connectivity index (χ0) is 13.0. The quantitative estimate of drug-likeness (QED) is 0.652. The smallest absolute Gasteiger partial charge is 0.272 e. The van der Waals surface area contributed by atoms with Crippen molar-refractivity contribution >= 4 is 11.4 Å². The molecule has 0 radical (unpaired) electrons. The maximum atomic E-state index is 10.7. The van der Waals surface area contributed by atoms with Crippen LogP contribution in [0.15, 0.2) is 18.2 Å². The molecule has 1 fully saturated rings. The van der Waals surface area contributed by atoms with Crippen molar-refractivity contribution < 1.29 is 14.4 Å². The van der Waals surface area contributed by atoms with Crippen molar-refractivity contribution in [1.82, 2.24) is 0 Å². The van der Waals surface area contributed by atoms with Crippen LogP contribution in [0.1, 0.15) is 5.56 Å². The van der Waals surface area contributed by atoms with Gasteiger partial charge in [-0.2, -0.15) is 0 Å². The summed E-state index contributed by atoms with van der Waals surface area (Å²) < 4.78 is 10.8. The van der Waals surface area contributed by atoms with Gasteiger partial charge in [0.05, 0.1) is 30.8 Å². The molecule has 0 aliphatic carbocycles. The molecule has 1 heterocycles. The van der Waals surface area contributed by atoms with Gasteiger partial charge in [0.15, 0.2) is 0 Å². The Bertz CT molecular complexity index is 430. The molecular weight excluding hydrogens is 236 g/mol. The third-order valence-electron chi connectivity index (χ3n) is 2.81. The summed E-state index contributed by atoms with van der Waals surface area (Å²) in [7, 11) is 0. The molecule has 98 valence electrons. The van der Waals surface area contributed by atoms with E-state index >= 15 is 0 Å². The van der Waals surface area contributed by atoms with Gasteiger partial charge in [0.25, 0.3) is 5.69 Å². The van der Waals surface area contributed by atoms with E-state index in [-0.39, 0.29) is 16.7 Å². The molecule has 0 saturated carbocycles. The van der Waals surface area contributed by atoms with Gasteiger partial charge in [-0.3, -0.25) is 10.1 Å². The summed E-state index contributed by atoms with van der Waals surface area (Å²) in [6.07, 6.45) is 0.0363. The molecule has 1 saturated heterocycles. The number of hydrogen-bond donors (Lipinski definition) is 1. The first-order valence-electron chi connectivity index (χ1n) is 5.85. The molecule has 1 aromatic carbocycles. The first-order valence-corrected chi connectivity index (χ1v) is 5.85. The molecule has 0 spiro atoms. The van der Waals surface area contributed by atoms with Crippen molar-refractivity contribution in [2.24, 2.45) is 0 Å². The molecule has 0 amide bonds. The Morgan fingerprint density at radius 2 is 2.33 bits per heavy atom. The highest BCUT2D eigenvalue weighted by Gasteiger charge is 2.14. The normalized spacial score (nSPS) is 19.5. The summed E-state index contributed by atoms with van der Waals surface area (Å²) >= 11 is 0. The SMILES string of the molecule is Cc1cc(NC[C@H]2COCCO2)ccc1[N+](=O)[O-]. The third-order valence-corrected chi connectivity index (χ3v) is 2.81. The van der Waals surface area contributed by atoms with Crippen LogP contribution in [0.3, 0.4) is 0 Å². The van der Waals surface area contributed by atoms with Crippen LogP contribution in [-0.4, -0.2) is 37.4 Å². The van der Waals surface area contributed by atoms with Crippen molar-refractivity contribution in [2.75, 3.05) is 31.7 Å². The number of rotatable bonds is 4. The lowest BCUT2D eigenvalue weighted by Crippen LogP contribution is -2.34. The van der Waals surface area contributed by atoms with E-state index in [1.165, 1.54) is 6.07 Å². The lowest BCUT2D eigenvalue weighted by Gasteiger charge is -2.23. The molecule has 6 heteroatoms. The molecule has 0 aromatic heterocycles. The summed E-state index contributed by atoms with van der Waals surface area (Å²) in [6.45, 7) is 4.21. The fourth-order valence-corrected chi connectivity index (χ4v) is 1.86. The van der Waals surface area contributed by atoms with Gasteiger partial charge < -0.3 is 14.8 Å². The second-order valence-electron chi connectivity index (χ2n) is 4.21. The van der Waals surface area contributed by atoms with Gasteiger partial charge in [0, 0.05) is 23.9 Å². The second-order valence-corrected chi connectivity index (χ2v) is 4.21. The largest absolute Gasteiger partial charge is 0.382 e. The summed E-state index contributed by atoms with van der Waals surface area (Å²) in [6, 6.07) is 4.98. The fraction of sp³-hybridized carbons (Fsp3) is 0.500. The van der Waals surface area contributed by atoms with Crippen molar-refractivity contribution in [3.05, 3.63) is 33.9 Å². The predicted octanol–water partition coefficient (Wildman–Crippen LogP) is 1.73. The zero-order valence-electron chi connectivity index (χ0n) is 10.2. The van der Waals surface area contributed by atoms with Crippen molar-refractivity contribution in [3.8, 4) is 0 Å². The van der Waals surface area contributed by atoms with Gasteiger partial charge >= 0.3 is 0 Å². The zero-order valence-corrected chi connectivity index (χ0v) is 10.2. The summed E-state index contributed by atoms with van der Waals surface area (Å²) in [5.41, 5.74) is 1.64. The lowest BCUT2D eigenvalue weighted by molar-refractivity contribution is -0.385. The van der Waals surface area contributed by atoms with Crippen LogP contribution in [0.25, 0.3) is 0 Å². The molecule has 1 aliphatic heterocycles. The van der Waals surface area contributed by atoms with E-state index in [1.54, 1.807) is 19.1 Å². The monoisotopic (exact) mass is 252 g/mol. The topological polar surface area (TPSA) is 73.6 Å². The molecule has 1 aliphatic rings. The maximum Gasteiger partial charge on any atom is 0.272 e. The van der Waals surface area contributed by atoms with E-state index in [2.05, 4.69) is 5.32 Å². The van der Waals surface area contributed by atoms with Crippen molar-refractivity contribution in [1.29, 1.82) is 0 Å². The first-order chi connectivity index (χ1) is 8.66. The Labute approximate surface area is 105 Å². The number of benzene rings is 1. The van der Waals surface area contributed by atoms with Crippen LogP contribution < -0.4 is 5.32 Å². The number of nitrogens with one attached hydrogen (secondary N) is 1. The Morgan fingerprint density at radius 1 is 1.50 bits per heavy atom. The van der Waals surface area contributed by atoms with E-state index in [0.29, 0.717) is 31.9 Å². The Morgan fingerprint density at radius 3 is 2.94 bits per heavy atom. The van der Waals surface area contributed by atoms with E-state index in [9.17, 15) is 10.1 Å². The van der Waals surface area contributed by atoms with E-state index in [0.717, 1.165) is 5.69 Å². The molecule has 1 aromatic rings. The van der Waals surface area contributed by atoms with E-state index < -0.39 is 0 Å². The van der Waals surface area contributed by atoms with Gasteiger partial charge in [-0.25, -0.2) is 0 Å². The standard InChI is InChI=1S/C12H16N2O4/c1-9-6-10(2-3-12(9)14(15)16)13-7-11-8-17-4-5-18-11/h2-3,6,11,13H,4-5,7-8H2,1H3/t11-/m0/s1. The average Bonchev–Trinajstić information content (AvgIpc) is 2.37. The van der Waals surface area contributed by atoms with Crippen molar-refractivity contribution in [3.63, 3.8) is 0 Å². The Balaban J connectivity index is 1.93. The van der Waals surface area contributed by atoms with Gasteiger partial charge in [-0.15, -0.1) is 0 Å². The number of nitro benzene ring substituents is 1. The maximum absolute atomic E-state index is 10.7. The van der Waals surface area contributed by atoms with Gasteiger partial charge in [0.1, 0.15) is 0 Å². The molecule has 0 unspecified atom stereocenters.